The number of aliphatic carboxylic acids is 1. The van der Waals surface area contributed by atoms with Crippen LogP contribution >= 0.6 is 0 Å². The molecule has 2 heterocycles. The largest absolute Gasteiger partial charge is 0.482 e. The van der Waals surface area contributed by atoms with E-state index < -0.39 is 12.6 Å². The van der Waals surface area contributed by atoms with E-state index in [9.17, 15) is 14.4 Å². The molecule has 1 atom stereocenters. The Morgan fingerprint density at radius 3 is 2.76 bits per heavy atom. The van der Waals surface area contributed by atoms with Crippen LogP contribution in [0.25, 0.3) is 11.0 Å². The summed E-state index contributed by atoms with van der Waals surface area (Å²) in [5.74, 6) is -0.650. The van der Waals surface area contributed by atoms with E-state index in [0.717, 1.165) is 37.1 Å². The number of nitrogens with one attached hydrogen (secondary N) is 1. The summed E-state index contributed by atoms with van der Waals surface area (Å²) in [6, 6.07) is 12.5. The quantitative estimate of drug-likeness (QED) is 0.499. The van der Waals surface area contributed by atoms with E-state index in [4.69, 9.17) is 9.84 Å². The molecule has 1 aliphatic rings. The highest BCUT2D eigenvalue weighted by Gasteiger charge is 2.26. The van der Waals surface area contributed by atoms with Gasteiger partial charge in [0.1, 0.15) is 5.75 Å². The maximum Gasteiger partial charge on any atom is 0.341 e. The molecule has 1 fully saturated rings. The third-order valence-corrected chi connectivity index (χ3v) is 6.09. The van der Waals surface area contributed by atoms with Gasteiger partial charge in [-0.15, -0.1) is 0 Å². The van der Waals surface area contributed by atoms with Gasteiger partial charge in [0, 0.05) is 13.6 Å². The van der Waals surface area contributed by atoms with Crippen molar-refractivity contribution >= 4 is 22.9 Å². The van der Waals surface area contributed by atoms with Crippen LogP contribution in [0.5, 0.6) is 5.75 Å². The molecular formula is C25H28N4O5. The fourth-order valence-corrected chi connectivity index (χ4v) is 4.29. The summed E-state index contributed by atoms with van der Waals surface area (Å²) in [6.45, 7) is 2.23. The van der Waals surface area contributed by atoms with Crippen LogP contribution in [0.2, 0.25) is 0 Å². The number of H-pyrrole nitrogens is 1. The van der Waals surface area contributed by atoms with Crippen LogP contribution < -0.4 is 10.3 Å². The van der Waals surface area contributed by atoms with E-state index in [0.29, 0.717) is 23.3 Å². The Morgan fingerprint density at radius 1 is 1.21 bits per heavy atom. The number of likely N-dealkylation sites (tertiary alicyclic amines) is 1. The first kappa shape index (κ1) is 23.4. The first-order valence-electron chi connectivity index (χ1n) is 11.3. The minimum atomic E-state index is -1.04. The Hall–Kier alpha value is -3.72. The average molecular weight is 465 g/mol. The predicted octanol–water partition coefficient (Wildman–Crippen LogP) is 2.22. The number of aromatic amines is 1. The molecule has 0 radical (unpaired) electrons. The Labute approximate surface area is 197 Å². The van der Waals surface area contributed by atoms with Crippen molar-refractivity contribution in [1.82, 2.24) is 19.8 Å². The van der Waals surface area contributed by atoms with E-state index >= 15 is 0 Å². The van der Waals surface area contributed by atoms with Crippen molar-refractivity contribution in [1.29, 1.82) is 0 Å². The molecule has 1 unspecified atom stereocenters. The first-order chi connectivity index (χ1) is 16.4. The van der Waals surface area contributed by atoms with Gasteiger partial charge in [-0.05, 0) is 61.3 Å². The second kappa shape index (κ2) is 10.5. The van der Waals surface area contributed by atoms with Crippen molar-refractivity contribution in [3.8, 4) is 5.75 Å². The van der Waals surface area contributed by atoms with Crippen LogP contribution in [-0.2, 0) is 16.0 Å². The van der Waals surface area contributed by atoms with Gasteiger partial charge in [0.25, 0.3) is 5.56 Å². The van der Waals surface area contributed by atoms with Crippen molar-refractivity contribution in [2.45, 2.75) is 25.3 Å². The minimum Gasteiger partial charge on any atom is -0.482 e. The SMILES string of the molecule is CN(C(=O)Cc1ccc2ncc(=O)[nH]c2c1)C(CN1CCCC1)c1cccc(OCC(=O)O)c1. The Bertz CT molecular complexity index is 1240. The number of aromatic nitrogens is 2. The number of carbonyl (C=O) groups is 2. The van der Waals surface area contributed by atoms with E-state index in [2.05, 4.69) is 14.9 Å². The molecule has 3 aromatic rings. The molecule has 2 aromatic carbocycles. The molecule has 0 aliphatic carbocycles. The van der Waals surface area contributed by atoms with Crippen molar-refractivity contribution in [2.75, 3.05) is 33.3 Å². The fourth-order valence-electron chi connectivity index (χ4n) is 4.29. The molecule has 4 rings (SSSR count). The predicted molar refractivity (Wildman–Crippen MR) is 127 cm³/mol. The van der Waals surface area contributed by atoms with Gasteiger partial charge in [-0.25, -0.2) is 9.78 Å². The zero-order valence-electron chi connectivity index (χ0n) is 19.1. The number of likely N-dealkylation sites (N-methyl/N-ethyl adjacent to an activating group) is 1. The molecule has 1 aromatic heterocycles. The van der Waals surface area contributed by atoms with Crippen LogP contribution in [0, 0.1) is 0 Å². The first-order valence-corrected chi connectivity index (χ1v) is 11.3. The topological polar surface area (TPSA) is 116 Å². The molecular weight excluding hydrogens is 436 g/mol. The third-order valence-electron chi connectivity index (χ3n) is 6.09. The van der Waals surface area contributed by atoms with Gasteiger partial charge in [-0.3, -0.25) is 9.59 Å². The highest BCUT2D eigenvalue weighted by atomic mass is 16.5. The summed E-state index contributed by atoms with van der Waals surface area (Å²) in [5.41, 5.74) is 2.64. The molecule has 9 nitrogen and oxygen atoms in total. The lowest BCUT2D eigenvalue weighted by Gasteiger charge is -2.32. The number of ether oxygens (including phenoxy) is 1. The molecule has 1 aliphatic heterocycles. The van der Waals surface area contributed by atoms with Gasteiger partial charge >= 0.3 is 5.97 Å². The lowest BCUT2D eigenvalue weighted by Crippen LogP contribution is -2.39. The average Bonchev–Trinajstić information content (AvgIpc) is 3.34. The van der Waals surface area contributed by atoms with Crippen molar-refractivity contribution < 1.29 is 19.4 Å². The monoisotopic (exact) mass is 464 g/mol. The lowest BCUT2D eigenvalue weighted by atomic mass is 10.0. The highest BCUT2D eigenvalue weighted by molar-refractivity contribution is 5.81. The summed E-state index contributed by atoms with van der Waals surface area (Å²) in [6.07, 6.45) is 3.68. The zero-order chi connectivity index (χ0) is 24.1. The number of carboxylic acid groups (broad SMARTS) is 1. The molecule has 1 saturated heterocycles. The van der Waals surface area contributed by atoms with E-state index in [1.807, 2.05) is 18.2 Å². The number of benzene rings is 2. The Morgan fingerprint density at radius 2 is 2.00 bits per heavy atom. The number of carboxylic acids is 1. The summed E-state index contributed by atoms with van der Waals surface area (Å²) < 4.78 is 5.36. The smallest absolute Gasteiger partial charge is 0.341 e. The second-order valence-corrected chi connectivity index (χ2v) is 8.56. The molecule has 2 N–H and O–H groups in total. The molecule has 0 bridgehead atoms. The summed E-state index contributed by atoms with van der Waals surface area (Å²) in [4.78, 5) is 46.7. The number of fused-ring (bicyclic) bond motifs is 1. The maximum absolute atomic E-state index is 13.3. The van der Waals surface area contributed by atoms with Crippen molar-refractivity contribution in [3.05, 3.63) is 70.1 Å². The Kier molecular flexibility index (Phi) is 7.22. The van der Waals surface area contributed by atoms with E-state index in [1.165, 1.54) is 6.20 Å². The maximum atomic E-state index is 13.3. The molecule has 178 valence electrons. The molecule has 9 heteroatoms. The van der Waals surface area contributed by atoms with E-state index in [-0.39, 0.29) is 23.9 Å². The van der Waals surface area contributed by atoms with Crippen LogP contribution in [-0.4, -0.2) is 70.0 Å². The highest BCUT2D eigenvalue weighted by Crippen LogP contribution is 2.27. The molecule has 34 heavy (non-hydrogen) atoms. The molecule has 1 amide bonds. The van der Waals surface area contributed by atoms with Crippen LogP contribution in [0.1, 0.15) is 30.0 Å². The second-order valence-electron chi connectivity index (χ2n) is 8.56. The van der Waals surface area contributed by atoms with E-state index in [1.54, 1.807) is 36.2 Å². The number of hydrogen-bond acceptors (Lipinski definition) is 6. The number of hydrogen-bond donors (Lipinski definition) is 2. The van der Waals surface area contributed by atoms with Crippen LogP contribution in [0.15, 0.2) is 53.5 Å². The standard InChI is InChI=1S/C25H28N4O5/c1-28(24(31)12-17-7-8-20-21(11-17)27-23(30)14-26-20)22(15-29-9-2-3-10-29)18-5-4-6-19(13-18)34-16-25(32)33/h4-8,11,13-14,22H,2-3,9-10,12,15-16H2,1H3,(H,27,30)(H,32,33). The summed E-state index contributed by atoms with van der Waals surface area (Å²) >= 11 is 0. The fraction of sp³-hybridized carbons (Fsp3) is 0.360. The van der Waals surface area contributed by atoms with Gasteiger partial charge < -0.3 is 24.6 Å². The van der Waals surface area contributed by atoms with Crippen LogP contribution in [0.4, 0.5) is 0 Å². The number of rotatable bonds is 9. The van der Waals surface area contributed by atoms with Gasteiger partial charge in [0.2, 0.25) is 5.91 Å². The third kappa shape index (κ3) is 5.79. The molecule has 0 spiro atoms. The number of carbonyl (C=O) groups excluding carboxylic acids is 1. The van der Waals surface area contributed by atoms with Crippen molar-refractivity contribution in [3.63, 3.8) is 0 Å². The number of nitrogens with zero attached hydrogens (tertiary/aromatic N) is 3. The van der Waals surface area contributed by atoms with Gasteiger partial charge in [-0.1, -0.05) is 18.2 Å². The summed E-state index contributed by atoms with van der Waals surface area (Å²) in [7, 11) is 1.79. The zero-order valence-corrected chi connectivity index (χ0v) is 19.1. The van der Waals surface area contributed by atoms with Gasteiger partial charge in [0.15, 0.2) is 6.61 Å². The van der Waals surface area contributed by atoms with Crippen LogP contribution in [0.3, 0.4) is 0 Å². The number of amides is 1. The van der Waals surface area contributed by atoms with Crippen molar-refractivity contribution in [2.24, 2.45) is 0 Å². The Balaban J connectivity index is 1.55. The summed E-state index contributed by atoms with van der Waals surface area (Å²) in [5, 5.41) is 8.92. The lowest BCUT2D eigenvalue weighted by molar-refractivity contribution is -0.139. The normalized spacial score (nSPS) is 14.7. The minimum absolute atomic E-state index is 0.0633. The molecule has 0 saturated carbocycles. The van der Waals surface area contributed by atoms with Gasteiger partial charge in [-0.2, -0.15) is 0 Å². The van der Waals surface area contributed by atoms with Gasteiger partial charge in [0.05, 0.1) is 29.7 Å².